The van der Waals surface area contributed by atoms with Crippen molar-refractivity contribution in [1.29, 1.82) is 0 Å². The highest BCUT2D eigenvalue weighted by Gasteiger charge is 2.04. The van der Waals surface area contributed by atoms with Crippen molar-refractivity contribution in [3.05, 3.63) is 90.8 Å². The van der Waals surface area contributed by atoms with E-state index in [1.165, 1.54) is 5.56 Å². The molecule has 4 aromatic rings. The summed E-state index contributed by atoms with van der Waals surface area (Å²) in [6.45, 7) is 0.614. The fraction of sp³-hybridized carbons (Fsp3) is 0.130. The van der Waals surface area contributed by atoms with Crippen LogP contribution in [-0.2, 0) is 6.42 Å². The predicted molar refractivity (Wildman–Crippen MR) is 106 cm³/mol. The number of para-hydroxylation sites is 2. The van der Waals surface area contributed by atoms with Gasteiger partial charge in [0.1, 0.15) is 17.8 Å². The zero-order chi connectivity index (χ0) is 18.3. The Morgan fingerprint density at radius 1 is 0.704 bits per heavy atom. The summed E-state index contributed by atoms with van der Waals surface area (Å²) < 4.78 is 11.7. The molecule has 0 radical (unpaired) electrons. The summed E-state index contributed by atoms with van der Waals surface area (Å²) >= 11 is 0. The number of benzene rings is 3. The van der Waals surface area contributed by atoms with E-state index >= 15 is 0 Å². The van der Waals surface area contributed by atoms with Gasteiger partial charge in [0.2, 0.25) is 5.88 Å². The zero-order valence-electron chi connectivity index (χ0n) is 14.9. The molecule has 0 unspecified atom stereocenters. The highest BCUT2D eigenvalue weighted by atomic mass is 16.5. The first-order chi connectivity index (χ1) is 13.4. The van der Waals surface area contributed by atoms with Gasteiger partial charge in [0, 0.05) is 0 Å². The van der Waals surface area contributed by atoms with Crippen molar-refractivity contribution in [1.82, 2.24) is 9.97 Å². The van der Waals surface area contributed by atoms with E-state index in [1.807, 2.05) is 66.7 Å². The summed E-state index contributed by atoms with van der Waals surface area (Å²) in [6, 6.07) is 25.9. The third-order valence-electron chi connectivity index (χ3n) is 4.26. The van der Waals surface area contributed by atoms with Gasteiger partial charge in [0.05, 0.1) is 17.5 Å². The van der Waals surface area contributed by atoms with Crippen molar-refractivity contribution in [3.63, 3.8) is 0 Å². The second-order valence-electron chi connectivity index (χ2n) is 6.21. The van der Waals surface area contributed by atoms with Gasteiger partial charge in [-0.1, -0.05) is 42.5 Å². The molecule has 0 aliphatic rings. The normalized spacial score (nSPS) is 10.7. The van der Waals surface area contributed by atoms with Gasteiger partial charge in [-0.05, 0) is 54.8 Å². The minimum atomic E-state index is 0.614. The molecule has 0 aliphatic carbocycles. The molecule has 4 rings (SSSR count). The molecule has 27 heavy (non-hydrogen) atoms. The SMILES string of the molecule is c1ccc(Oc2ccc(CCCOc3ncnc4ccccc34)cc2)cc1. The smallest absolute Gasteiger partial charge is 0.224 e. The Morgan fingerprint density at radius 2 is 1.44 bits per heavy atom. The topological polar surface area (TPSA) is 44.2 Å². The lowest BCUT2D eigenvalue weighted by atomic mass is 10.1. The van der Waals surface area contributed by atoms with Crippen LogP contribution < -0.4 is 9.47 Å². The number of hydrogen-bond acceptors (Lipinski definition) is 4. The first-order valence-electron chi connectivity index (χ1n) is 9.03. The maximum Gasteiger partial charge on any atom is 0.224 e. The van der Waals surface area contributed by atoms with Crippen LogP contribution in [0, 0.1) is 0 Å². The molecule has 0 fully saturated rings. The quantitative estimate of drug-likeness (QED) is 0.414. The molecule has 0 saturated carbocycles. The van der Waals surface area contributed by atoms with Crippen molar-refractivity contribution in [3.8, 4) is 17.4 Å². The number of aryl methyl sites for hydroxylation is 1. The van der Waals surface area contributed by atoms with Crippen LogP contribution in [0.2, 0.25) is 0 Å². The lowest BCUT2D eigenvalue weighted by Gasteiger charge is -2.08. The van der Waals surface area contributed by atoms with Crippen molar-refractivity contribution in [2.24, 2.45) is 0 Å². The standard InChI is InChI=1S/C23H20N2O2/c1-2-8-19(9-3-1)27-20-14-12-18(13-15-20)7-6-16-26-23-21-10-4-5-11-22(21)24-17-25-23/h1-5,8-15,17H,6-7,16H2. The van der Waals surface area contributed by atoms with Crippen molar-refractivity contribution < 1.29 is 9.47 Å². The maximum atomic E-state index is 5.87. The number of ether oxygens (including phenoxy) is 2. The minimum absolute atomic E-state index is 0.614. The Kier molecular flexibility index (Phi) is 5.25. The van der Waals surface area contributed by atoms with E-state index in [0.29, 0.717) is 12.5 Å². The molecule has 0 atom stereocenters. The number of hydrogen-bond donors (Lipinski definition) is 0. The molecule has 3 aromatic carbocycles. The monoisotopic (exact) mass is 356 g/mol. The van der Waals surface area contributed by atoms with E-state index in [-0.39, 0.29) is 0 Å². The summed E-state index contributed by atoms with van der Waals surface area (Å²) in [5.74, 6) is 2.33. The highest BCUT2D eigenvalue weighted by molar-refractivity contribution is 5.82. The molecular formula is C23H20N2O2. The Labute approximate surface area is 158 Å². The van der Waals surface area contributed by atoms with Crippen LogP contribution in [0.3, 0.4) is 0 Å². The van der Waals surface area contributed by atoms with E-state index in [2.05, 4.69) is 22.1 Å². The lowest BCUT2D eigenvalue weighted by molar-refractivity contribution is 0.303. The minimum Gasteiger partial charge on any atom is -0.477 e. The van der Waals surface area contributed by atoms with Gasteiger partial charge in [0.15, 0.2) is 0 Å². The Hall–Kier alpha value is -3.40. The third-order valence-corrected chi connectivity index (χ3v) is 4.26. The van der Waals surface area contributed by atoms with Crippen LogP contribution in [0.5, 0.6) is 17.4 Å². The van der Waals surface area contributed by atoms with Crippen molar-refractivity contribution in [2.75, 3.05) is 6.61 Å². The fourth-order valence-electron chi connectivity index (χ4n) is 2.89. The molecule has 0 spiro atoms. The van der Waals surface area contributed by atoms with Gasteiger partial charge in [-0.25, -0.2) is 9.97 Å². The van der Waals surface area contributed by atoms with Gasteiger partial charge >= 0.3 is 0 Å². The van der Waals surface area contributed by atoms with Gasteiger partial charge in [-0.2, -0.15) is 0 Å². The fourth-order valence-corrected chi connectivity index (χ4v) is 2.89. The summed E-state index contributed by atoms with van der Waals surface area (Å²) in [4.78, 5) is 8.51. The Balaban J connectivity index is 1.29. The molecular weight excluding hydrogens is 336 g/mol. The molecule has 1 heterocycles. The van der Waals surface area contributed by atoms with Crippen LogP contribution in [0.1, 0.15) is 12.0 Å². The average Bonchev–Trinajstić information content (AvgIpc) is 2.73. The maximum absolute atomic E-state index is 5.87. The zero-order valence-corrected chi connectivity index (χ0v) is 14.9. The molecule has 0 N–H and O–H groups in total. The van der Waals surface area contributed by atoms with E-state index in [0.717, 1.165) is 35.2 Å². The van der Waals surface area contributed by atoms with Gasteiger partial charge in [-0.15, -0.1) is 0 Å². The van der Waals surface area contributed by atoms with Gasteiger partial charge < -0.3 is 9.47 Å². The van der Waals surface area contributed by atoms with Gasteiger partial charge in [-0.3, -0.25) is 0 Å². The summed E-state index contributed by atoms with van der Waals surface area (Å²) in [6.07, 6.45) is 3.40. The Morgan fingerprint density at radius 3 is 2.30 bits per heavy atom. The van der Waals surface area contributed by atoms with E-state index < -0.39 is 0 Å². The summed E-state index contributed by atoms with van der Waals surface area (Å²) in [7, 11) is 0. The van der Waals surface area contributed by atoms with E-state index in [1.54, 1.807) is 6.33 Å². The van der Waals surface area contributed by atoms with Crippen LogP contribution in [-0.4, -0.2) is 16.6 Å². The van der Waals surface area contributed by atoms with Crippen molar-refractivity contribution in [2.45, 2.75) is 12.8 Å². The second kappa shape index (κ2) is 8.32. The number of aromatic nitrogens is 2. The third kappa shape index (κ3) is 4.42. The molecule has 0 aliphatic heterocycles. The van der Waals surface area contributed by atoms with Crippen LogP contribution in [0.25, 0.3) is 10.9 Å². The predicted octanol–water partition coefficient (Wildman–Crippen LogP) is 5.43. The lowest BCUT2D eigenvalue weighted by Crippen LogP contribution is -2.02. The number of rotatable bonds is 7. The first-order valence-corrected chi connectivity index (χ1v) is 9.03. The highest BCUT2D eigenvalue weighted by Crippen LogP contribution is 2.22. The molecule has 4 nitrogen and oxygen atoms in total. The molecule has 4 heteroatoms. The van der Waals surface area contributed by atoms with Gasteiger partial charge in [0.25, 0.3) is 0 Å². The molecule has 0 bridgehead atoms. The van der Waals surface area contributed by atoms with E-state index in [4.69, 9.17) is 9.47 Å². The van der Waals surface area contributed by atoms with Crippen molar-refractivity contribution >= 4 is 10.9 Å². The number of nitrogens with zero attached hydrogens (tertiary/aromatic N) is 2. The average molecular weight is 356 g/mol. The first kappa shape index (κ1) is 17.0. The summed E-state index contributed by atoms with van der Waals surface area (Å²) in [5, 5.41) is 0.947. The van der Waals surface area contributed by atoms with Crippen LogP contribution in [0.15, 0.2) is 85.2 Å². The molecule has 0 saturated heterocycles. The second-order valence-corrected chi connectivity index (χ2v) is 6.21. The largest absolute Gasteiger partial charge is 0.477 e. The summed E-state index contributed by atoms with van der Waals surface area (Å²) in [5.41, 5.74) is 2.16. The van der Waals surface area contributed by atoms with E-state index in [9.17, 15) is 0 Å². The molecule has 0 amide bonds. The van der Waals surface area contributed by atoms with Crippen LogP contribution in [0.4, 0.5) is 0 Å². The Bertz CT molecular complexity index is 996. The molecule has 1 aromatic heterocycles. The number of fused-ring (bicyclic) bond motifs is 1. The van der Waals surface area contributed by atoms with Crippen LogP contribution >= 0.6 is 0 Å². The molecule has 134 valence electrons.